The van der Waals surface area contributed by atoms with Gasteiger partial charge in [0.1, 0.15) is 11.7 Å². The zero-order valence-corrected chi connectivity index (χ0v) is 10.9. The fraction of sp³-hybridized carbons (Fsp3) is 0.200. The van der Waals surface area contributed by atoms with Crippen molar-refractivity contribution in [1.82, 2.24) is 4.90 Å². The van der Waals surface area contributed by atoms with E-state index in [0.717, 1.165) is 11.8 Å². The highest BCUT2D eigenvalue weighted by atomic mass is 35.5. The van der Waals surface area contributed by atoms with Crippen LogP contribution in [-0.4, -0.2) is 33.8 Å². The first kappa shape index (κ1) is 12.8. The number of benzene rings is 1. The number of carbonyl (C=O) groups excluding carboxylic acids is 1. The lowest BCUT2D eigenvalue weighted by Gasteiger charge is -2.20. The van der Waals surface area contributed by atoms with E-state index in [2.05, 4.69) is 4.99 Å². The molecule has 0 N–H and O–H groups in total. The molecule has 0 aromatic heterocycles. The van der Waals surface area contributed by atoms with E-state index >= 15 is 0 Å². The van der Waals surface area contributed by atoms with Crippen LogP contribution in [0.3, 0.4) is 0 Å². The summed E-state index contributed by atoms with van der Waals surface area (Å²) in [7, 11) is 1.62. The molecule has 8 heteroatoms. The first-order valence-corrected chi connectivity index (χ1v) is 6.10. The Morgan fingerprint density at radius 2 is 2.28 bits per heavy atom. The summed E-state index contributed by atoms with van der Waals surface area (Å²) in [6.45, 7) is 0.195. The van der Waals surface area contributed by atoms with Gasteiger partial charge >= 0.3 is 0 Å². The van der Waals surface area contributed by atoms with E-state index in [1.165, 1.54) is 23.1 Å². The van der Waals surface area contributed by atoms with E-state index in [1.54, 1.807) is 7.05 Å². The minimum absolute atomic E-state index is 0.147. The lowest BCUT2D eigenvalue weighted by atomic mass is 10.2. The van der Waals surface area contributed by atoms with Crippen LogP contribution in [-0.2, 0) is 0 Å². The van der Waals surface area contributed by atoms with Gasteiger partial charge in [0.25, 0.3) is 10.9 Å². The molecule has 0 atom stereocenters. The van der Waals surface area contributed by atoms with Gasteiger partial charge in [0, 0.05) is 18.1 Å². The average Bonchev–Trinajstić information content (AvgIpc) is 2.32. The minimum Gasteiger partial charge on any atom is -0.317 e. The average molecular weight is 286 g/mol. The topological polar surface area (TPSA) is 75.8 Å². The fourth-order valence-corrected chi connectivity index (χ4v) is 2.35. The summed E-state index contributed by atoms with van der Waals surface area (Å²) in [6.07, 6.45) is 0. The Morgan fingerprint density at radius 3 is 2.89 bits per heavy atom. The zero-order valence-electron chi connectivity index (χ0n) is 9.29. The van der Waals surface area contributed by atoms with Crippen LogP contribution in [0.4, 0.5) is 10.5 Å². The molecule has 1 amide bonds. The van der Waals surface area contributed by atoms with Crippen molar-refractivity contribution in [1.29, 1.82) is 0 Å². The quantitative estimate of drug-likeness (QED) is 0.618. The molecule has 0 fully saturated rings. The summed E-state index contributed by atoms with van der Waals surface area (Å²) in [5.41, 5.74) is 0.168. The Morgan fingerprint density at radius 1 is 1.56 bits per heavy atom. The molecule has 94 valence electrons. The molecule has 0 bridgehead atoms. The van der Waals surface area contributed by atoms with Crippen molar-refractivity contribution in [3.8, 4) is 0 Å². The Hall–Kier alpha value is -1.60. The highest BCUT2D eigenvalue weighted by molar-refractivity contribution is 8.26. The van der Waals surface area contributed by atoms with E-state index in [-0.39, 0.29) is 22.6 Å². The van der Waals surface area contributed by atoms with Gasteiger partial charge in [-0.1, -0.05) is 11.6 Å². The Balaban J connectivity index is 2.46. The largest absolute Gasteiger partial charge is 0.317 e. The molecule has 0 radical (unpaired) electrons. The third-order valence-electron chi connectivity index (χ3n) is 2.31. The molecule has 0 saturated carbocycles. The van der Waals surface area contributed by atoms with Crippen LogP contribution in [0.1, 0.15) is 5.56 Å². The van der Waals surface area contributed by atoms with Gasteiger partial charge in [-0.15, -0.1) is 0 Å². The van der Waals surface area contributed by atoms with Crippen LogP contribution < -0.4 is 0 Å². The van der Waals surface area contributed by atoms with Gasteiger partial charge in [-0.3, -0.25) is 19.9 Å². The number of carbonyl (C=O) groups is 1. The van der Waals surface area contributed by atoms with Crippen molar-refractivity contribution in [3.63, 3.8) is 0 Å². The number of nitrogens with zero attached hydrogens (tertiary/aromatic N) is 3. The molecule has 18 heavy (non-hydrogen) atoms. The molecule has 0 spiro atoms. The molecule has 2 rings (SSSR count). The number of aliphatic imine (C=N–C) groups is 1. The molecular weight excluding hydrogens is 278 g/mol. The van der Waals surface area contributed by atoms with Crippen molar-refractivity contribution in [3.05, 3.63) is 38.9 Å². The summed E-state index contributed by atoms with van der Waals surface area (Å²) in [4.78, 5) is 27.5. The highest BCUT2D eigenvalue weighted by Crippen LogP contribution is 2.29. The van der Waals surface area contributed by atoms with E-state index < -0.39 is 4.92 Å². The predicted molar refractivity (Wildman–Crippen MR) is 70.3 cm³/mol. The molecule has 0 saturated heterocycles. The number of thioether (sulfide) groups is 1. The van der Waals surface area contributed by atoms with Crippen LogP contribution in [0.15, 0.2) is 23.2 Å². The van der Waals surface area contributed by atoms with Crippen molar-refractivity contribution < 1.29 is 9.72 Å². The molecule has 1 aliphatic rings. The number of halogens is 1. The number of hydrogen-bond donors (Lipinski definition) is 0. The summed E-state index contributed by atoms with van der Waals surface area (Å²) < 4.78 is 0. The second-order valence-corrected chi connectivity index (χ2v) is 4.97. The Kier molecular flexibility index (Phi) is 3.53. The van der Waals surface area contributed by atoms with Crippen molar-refractivity contribution in [2.24, 2.45) is 4.99 Å². The van der Waals surface area contributed by atoms with E-state index in [4.69, 9.17) is 11.6 Å². The van der Waals surface area contributed by atoms with Crippen LogP contribution in [0, 0.1) is 10.1 Å². The van der Waals surface area contributed by atoms with Gasteiger partial charge in [0.05, 0.1) is 10.5 Å². The molecule has 1 aromatic rings. The lowest BCUT2D eigenvalue weighted by Crippen LogP contribution is -2.28. The van der Waals surface area contributed by atoms with Crippen molar-refractivity contribution in [2.75, 3.05) is 13.7 Å². The first-order chi connectivity index (χ1) is 8.49. The molecular formula is C10H8ClN3O3S. The second kappa shape index (κ2) is 4.95. The van der Waals surface area contributed by atoms with Crippen molar-refractivity contribution >= 4 is 39.3 Å². The molecule has 0 unspecified atom stereocenters. The zero-order chi connectivity index (χ0) is 13.3. The van der Waals surface area contributed by atoms with E-state index in [0.29, 0.717) is 10.6 Å². The molecule has 6 nitrogen and oxygen atoms in total. The van der Waals surface area contributed by atoms with Gasteiger partial charge in [-0.05, 0) is 23.9 Å². The molecule has 0 aliphatic carbocycles. The molecule has 1 heterocycles. The highest BCUT2D eigenvalue weighted by Gasteiger charge is 2.25. The third-order valence-corrected chi connectivity index (χ3v) is 3.57. The smallest absolute Gasteiger partial charge is 0.289 e. The van der Waals surface area contributed by atoms with Gasteiger partial charge < -0.3 is 4.90 Å². The van der Waals surface area contributed by atoms with Crippen LogP contribution in [0.2, 0.25) is 5.02 Å². The SMILES string of the molecule is CN1CN=C(c2ccc(Cl)cc2[N+](=O)[O-])SC1=O. The maximum atomic E-state index is 11.5. The number of nitro groups is 1. The van der Waals surface area contributed by atoms with E-state index in [9.17, 15) is 14.9 Å². The standard InChI is InChI=1S/C10H8ClN3O3S/c1-13-5-12-9(18-10(13)15)7-3-2-6(11)4-8(7)14(16)17/h2-4H,5H2,1H3. The number of amides is 1. The summed E-state index contributed by atoms with van der Waals surface area (Å²) in [5.74, 6) is 0. The van der Waals surface area contributed by atoms with Crippen LogP contribution >= 0.6 is 23.4 Å². The van der Waals surface area contributed by atoms with E-state index in [1.807, 2.05) is 0 Å². The number of nitro benzene ring substituents is 1. The molecule has 1 aliphatic heterocycles. The predicted octanol–water partition coefficient (Wildman–Crippen LogP) is 2.75. The Bertz CT molecular complexity index is 561. The summed E-state index contributed by atoms with van der Waals surface area (Å²) in [5, 5.41) is 11.4. The monoisotopic (exact) mass is 285 g/mol. The van der Waals surface area contributed by atoms with Crippen LogP contribution in [0.25, 0.3) is 0 Å². The maximum absolute atomic E-state index is 11.5. The summed E-state index contributed by atoms with van der Waals surface area (Å²) in [6, 6.07) is 4.30. The number of rotatable bonds is 2. The Labute approximate surface area is 112 Å². The number of hydrogen-bond acceptors (Lipinski definition) is 5. The fourth-order valence-electron chi connectivity index (χ4n) is 1.40. The lowest BCUT2D eigenvalue weighted by molar-refractivity contribution is -0.385. The van der Waals surface area contributed by atoms with Crippen LogP contribution in [0.5, 0.6) is 0 Å². The van der Waals surface area contributed by atoms with Gasteiger partial charge in [-0.25, -0.2) is 0 Å². The first-order valence-electron chi connectivity index (χ1n) is 4.91. The molecule has 1 aromatic carbocycles. The minimum atomic E-state index is -0.535. The normalized spacial score (nSPS) is 15.6. The second-order valence-electron chi connectivity index (χ2n) is 3.59. The summed E-state index contributed by atoms with van der Waals surface area (Å²) >= 11 is 6.60. The third kappa shape index (κ3) is 2.46. The van der Waals surface area contributed by atoms with Gasteiger partial charge in [0.15, 0.2) is 0 Å². The maximum Gasteiger partial charge on any atom is 0.289 e. The van der Waals surface area contributed by atoms with Crippen molar-refractivity contribution in [2.45, 2.75) is 0 Å². The van der Waals surface area contributed by atoms with Gasteiger partial charge in [-0.2, -0.15) is 0 Å². The van der Waals surface area contributed by atoms with Gasteiger partial charge in [0.2, 0.25) is 0 Å².